The van der Waals surface area contributed by atoms with Gasteiger partial charge in [0.25, 0.3) is 11.6 Å². The monoisotopic (exact) mass is 381 g/mol. The zero-order chi connectivity index (χ0) is 20.3. The van der Waals surface area contributed by atoms with E-state index in [-0.39, 0.29) is 23.5 Å². The fraction of sp³-hybridized carbons (Fsp3) is 0.333. The highest BCUT2D eigenvalue weighted by Gasteiger charge is 2.22. The first-order valence-electron chi connectivity index (χ1n) is 9.30. The first-order valence-corrected chi connectivity index (χ1v) is 9.30. The van der Waals surface area contributed by atoms with Crippen molar-refractivity contribution in [1.29, 1.82) is 0 Å². The van der Waals surface area contributed by atoms with Crippen molar-refractivity contribution in [2.45, 2.75) is 32.2 Å². The summed E-state index contributed by atoms with van der Waals surface area (Å²) in [5.41, 5.74) is 2.00. The molecule has 0 radical (unpaired) electrons. The normalized spacial score (nSPS) is 15.2. The van der Waals surface area contributed by atoms with E-state index < -0.39 is 4.92 Å². The maximum atomic E-state index is 12.8. The largest absolute Gasteiger partial charge is 0.335 e. The topological polar surface area (TPSA) is 83.8 Å². The molecule has 0 spiro atoms. The lowest BCUT2D eigenvalue weighted by Crippen LogP contribution is -2.35. The highest BCUT2D eigenvalue weighted by Crippen LogP contribution is 2.26. The highest BCUT2D eigenvalue weighted by atomic mass is 16.6. The summed E-state index contributed by atoms with van der Waals surface area (Å²) in [6.45, 7) is 2.54. The molecule has 0 aromatic heterocycles. The van der Waals surface area contributed by atoms with E-state index in [2.05, 4.69) is 0 Å². The number of nitrogens with zero attached hydrogens (tertiary/aromatic N) is 3. The first kappa shape index (κ1) is 19.5. The van der Waals surface area contributed by atoms with Gasteiger partial charge in [-0.25, -0.2) is 0 Å². The van der Waals surface area contributed by atoms with E-state index in [4.69, 9.17) is 0 Å². The molecule has 0 bridgehead atoms. The van der Waals surface area contributed by atoms with Gasteiger partial charge in [0.05, 0.1) is 11.0 Å². The molecule has 2 aromatic carbocycles. The van der Waals surface area contributed by atoms with Crippen LogP contribution in [0.5, 0.6) is 0 Å². The Bertz CT molecular complexity index is 895. The van der Waals surface area contributed by atoms with Crippen molar-refractivity contribution in [1.82, 2.24) is 4.90 Å². The van der Waals surface area contributed by atoms with Crippen molar-refractivity contribution in [2.24, 2.45) is 0 Å². The van der Waals surface area contributed by atoms with Gasteiger partial charge in [0.2, 0.25) is 5.91 Å². The Kier molecular flexibility index (Phi) is 5.73. The van der Waals surface area contributed by atoms with Gasteiger partial charge in [0.1, 0.15) is 0 Å². The van der Waals surface area contributed by atoms with E-state index in [1.54, 1.807) is 53.2 Å². The second-order valence-electron chi connectivity index (χ2n) is 6.99. The maximum absolute atomic E-state index is 12.8. The number of nitro benzene ring substituents is 1. The predicted molar refractivity (Wildman–Crippen MR) is 106 cm³/mol. The van der Waals surface area contributed by atoms with Gasteiger partial charge in [-0.05, 0) is 49.6 Å². The van der Waals surface area contributed by atoms with E-state index in [0.717, 1.165) is 18.5 Å². The van der Waals surface area contributed by atoms with Crippen molar-refractivity contribution in [3.05, 3.63) is 69.8 Å². The van der Waals surface area contributed by atoms with Gasteiger partial charge in [-0.2, -0.15) is 0 Å². The summed E-state index contributed by atoms with van der Waals surface area (Å²) < 4.78 is 0. The number of hydrogen-bond acceptors (Lipinski definition) is 4. The molecule has 0 aliphatic carbocycles. The average Bonchev–Trinajstić information content (AvgIpc) is 2.72. The zero-order valence-corrected chi connectivity index (χ0v) is 16.0. The smallest absolute Gasteiger partial charge is 0.269 e. The third kappa shape index (κ3) is 4.03. The number of rotatable bonds is 5. The molecule has 0 N–H and O–H groups in total. The van der Waals surface area contributed by atoms with Gasteiger partial charge in [-0.15, -0.1) is 0 Å². The molecule has 0 saturated carbocycles. The molecule has 7 nitrogen and oxygen atoms in total. The van der Waals surface area contributed by atoms with Gasteiger partial charge < -0.3 is 9.80 Å². The minimum Gasteiger partial charge on any atom is -0.335 e. The molecule has 3 rings (SSSR count). The number of amides is 2. The van der Waals surface area contributed by atoms with Crippen LogP contribution in [-0.2, 0) is 4.79 Å². The van der Waals surface area contributed by atoms with E-state index in [1.807, 2.05) is 6.92 Å². The van der Waals surface area contributed by atoms with Gasteiger partial charge in [0.15, 0.2) is 0 Å². The molecule has 2 amide bonds. The fourth-order valence-corrected chi connectivity index (χ4v) is 3.36. The summed E-state index contributed by atoms with van der Waals surface area (Å²) in [7, 11) is 1.67. The van der Waals surface area contributed by atoms with Crippen molar-refractivity contribution in [3.8, 4) is 0 Å². The van der Waals surface area contributed by atoms with Gasteiger partial charge in [0, 0.05) is 43.4 Å². The average molecular weight is 381 g/mol. The standard InChI is InChI=1S/C21H23N3O4/c1-15(17-6-5-7-19(14-17)24(27)28)22(2)21(26)16-9-11-18(12-10-16)23-13-4-3-8-20(23)25/h5-7,9-12,14-15H,3-4,8,13H2,1-2H3. The SMILES string of the molecule is CC(c1cccc([N+](=O)[O-])c1)N(C)C(=O)c1ccc(N2CCCCC2=O)cc1. The second-order valence-corrected chi connectivity index (χ2v) is 6.99. The lowest BCUT2D eigenvalue weighted by atomic mass is 10.0. The third-order valence-corrected chi connectivity index (χ3v) is 5.21. The fourth-order valence-electron chi connectivity index (χ4n) is 3.36. The number of non-ortho nitro benzene ring substituents is 1. The molecule has 1 unspecified atom stereocenters. The number of nitro groups is 1. The molecule has 2 aromatic rings. The Morgan fingerprint density at radius 1 is 1.18 bits per heavy atom. The van der Waals surface area contributed by atoms with Crippen molar-refractivity contribution in [3.63, 3.8) is 0 Å². The molecular formula is C21H23N3O4. The minimum atomic E-state index is -0.446. The number of hydrogen-bond donors (Lipinski definition) is 0. The summed E-state index contributed by atoms with van der Waals surface area (Å²) >= 11 is 0. The van der Waals surface area contributed by atoms with Crippen LogP contribution in [0.4, 0.5) is 11.4 Å². The Labute approximate surface area is 163 Å². The van der Waals surface area contributed by atoms with E-state index in [0.29, 0.717) is 24.1 Å². The molecule has 146 valence electrons. The Hall–Kier alpha value is -3.22. The van der Waals surface area contributed by atoms with Crippen LogP contribution in [0.2, 0.25) is 0 Å². The van der Waals surface area contributed by atoms with E-state index >= 15 is 0 Å². The van der Waals surface area contributed by atoms with Crippen molar-refractivity contribution in [2.75, 3.05) is 18.5 Å². The van der Waals surface area contributed by atoms with Crippen molar-refractivity contribution >= 4 is 23.2 Å². The predicted octanol–water partition coefficient (Wildman–Crippen LogP) is 3.94. The molecule has 1 atom stereocenters. The number of anilines is 1. The van der Waals surface area contributed by atoms with Gasteiger partial charge in [-0.1, -0.05) is 12.1 Å². The van der Waals surface area contributed by atoms with Crippen LogP contribution in [0, 0.1) is 10.1 Å². The van der Waals surface area contributed by atoms with Crippen LogP contribution in [0.3, 0.4) is 0 Å². The quantitative estimate of drug-likeness (QED) is 0.580. The van der Waals surface area contributed by atoms with Crippen LogP contribution in [0.1, 0.15) is 48.1 Å². The van der Waals surface area contributed by atoms with Crippen LogP contribution in [0.15, 0.2) is 48.5 Å². The van der Waals surface area contributed by atoms with Crippen molar-refractivity contribution < 1.29 is 14.5 Å². The molecule has 1 heterocycles. The molecule has 1 aliphatic heterocycles. The Morgan fingerprint density at radius 2 is 1.89 bits per heavy atom. The Morgan fingerprint density at radius 3 is 2.54 bits per heavy atom. The summed E-state index contributed by atoms with van der Waals surface area (Å²) in [5.74, 6) is -0.0720. The number of carbonyl (C=O) groups is 2. The van der Waals surface area contributed by atoms with Crippen LogP contribution in [-0.4, -0.2) is 35.2 Å². The van der Waals surface area contributed by atoms with E-state index in [1.165, 1.54) is 12.1 Å². The van der Waals surface area contributed by atoms with Crippen LogP contribution < -0.4 is 4.90 Å². The molecule has 28 heavy (non-hydrogen) atoms. The lowest BCUT2D eigenvalue weighted by molar-refractivity contribution is -0.384. The zero-order valence-electron chi connectivity index (χ0n) is 16.0. The molecular weight excluding hydrogens is 358 g/mol. The lowest BCUT2D eigenvalue weighted by Gasteiger charge is -2.28. The van der Waals surface area contributed by atoms with Gasteiger partial charge >= 0.3 is 0 Å². The summed E-state index contributed by atoms with van der Waals surface area (Å²) in [6.07, 6.45) is 2.46. The molecule has 1 aliphatic rings. The third-order valence-electron chi connectivity index (χ3n) is 5.21. The molecule has 1 saturated heterocycles. The Balaban J connectivity index is 1.74. The second kappa shape index (κ2) is 8.21. The summed E-state index contributed by atoms with van der Waals surface area (Å²) in [4.78, 5) is 38.7. The van der Waals surface area contributed by atoms with E-state index in [9.17, 15) is 19.7 Å². The molecule has 1 fully saturated rings. The highest BCUT2D eigenvalue weighted by molar-refractivity contribution is 5.97. The summed E-state index contributed by atoms with van der Waals surface area (Å²) in [6, 6.07) is 13.0. The summed E-state index contributed by atoms with van der Waals surface area (Å²) in [5, 5.41) is 11.0. The first-order chi connectivity index (χ1) is 13.4. The number of piperidine rings is 1. The molecule has 7 heteroatoms. The van der Waals surface area contributed by atoms with Crippen LogP contribution in [0.25, 0.3) is 0 Å². The van der Waals surface area contributed by atoms with Gasteiger partial charge in [-0.3, -0.25) is 19.7 Å². The number of benzene rings is 2. The number of carbonyl (C=O) groups excluding carboxylic acids is 2. The maximum Gasteiger partial charge on any atom is 0.269 e. The minimum absolute atomic E-state index is 0.000695. The van der Waals surface area contributed by atoms with Crippen LogP contribution >= 0.6 is 0 Å².